The Morgan fingerprint density at radius 2 is 2.39 bits per heavy atom. The molecule has 0 amide bonds. The molecule has 0 saturated carbocycles. The maximum atomic E-state index is 5.40. The molecule has 0 bridgehead atoms. The summed E-state index contributed by atoms with van der Waals surface area (Å²) in [4.78, 5) is 4.23. The van der Waals surface area contributed by atoms with E-state index in [1.165, 1.54) is 11.1 Å². The third-order valence-corrected chi connectivity index (χ3v) is 3.20. The highest BCUT2D eigenvalue weighted by atomic mass is 16.5. The number of nitrogens with zero attached hydrogens (tertiary/aromatic N) is 1. The molecule has 0 saturated heterocycles. The lowest BCUT2D eigenvalue weighted by Crippen LogP contribution is -2.31. The molecule has 1 aromatic heterocycles. The molecule has 0 radical (unpaired) electrons. The van der Waals surface area contributed by atoms with Gasteiger partial charge in [-0.2, -0.15) is 0 Å². The first kappa shape index (κ1) is 12.9. The number of methoxy groups -OCH3 is 1. The summed E-state index contributed by atoms with van der Waals surface area (Å²) in [5.41, 5.74) is 2.53. The van der Waals surface area contributed by atoms with E-state index in [9.17, 15) is 0 Å². The highest BCUT2D eigenvalue weighted by molar-refractivity contribution is 5.22. The monoisotopic (exact) mass is 248 g/mol. The molecular weight excluding hydrogens is 228 g/mol. The van der Waals surface area contributed by atoms with Gasteiger partial charge in [0.25, 0.3) is 0 Å². The summed E-state index contributed by atoms with van der Waals surface area (Å²) < 4.78 is 10.5. The van der Waals surface area contributed by atoms with Gasteiger partial charge in [-0.25, -0.2) is 4.98 Å². The molecule has 18 heavy (non-hydrogen) atoms. The van der Waals surface area contributed by atoms with Gasteiger partial charge in [-0.1, -0.05) is 6.07 Å². The van der Waals surface area contributed by atoms with E-state index in [1.54, 1.807) is 7.11 Å². The molecule has 98 valence electrons. The Morgan fingerprint density at radius 1 is 1.50 bits per heavy atom. The third kappa shape index (κ3) is 3.23. The van der Waals surface area contributed by atoms with Crippen molar-refractivity contribution in [3.05, 3.63) is 35.7 Å². The van der Waals surface area contributed by atoms with E-state index in [4.69, 9.17) is 9.47 Å². The predicted octanol–water partition coefficient (Wildman–Crippen LogP) is 1.91. The second-order valence-electron chi connectivity index (χ2n) is 4.42. The van der Waals surface area contributed by atoms with Crippen molar-refractivity contribution >= 4 is 0 Å². The summed E-state index contributed by atoms with van der Waals surface area (Å²) in [6.07, 6.45) is 6.90. The zero-order chi connectivity index (χ0) is 12.8. The predicted molar refractivity (Wildman–Crippen MR) is 70.6 cm³/mol. The molecular formula is C14H20N2O2. The van der Waals surface area contributed by atoms with Crippen molar-refractivity contribution in [3.8, 4) is 5.88 Å². The molecule has 4 nitrogen and oxygen atoms in total. The summed E-state index contributed by atoms with van der Waals surface area (Å²) in [6, 6.07) is 4.27. The number of hydrogen-bond donors (Lipinski definition) is 1. The van der Waals surface area contributed by atoms with Gasteiger partial charge in [-0.15, -0.1) is 0 Å². The molecule has 2 heterocycles. The van der Waals surface area contributed by atoms with Gasteiger partial charge in [0.1, 0.15) is 0 Å². The number of hydrogen-bond acceptors (Lipinski definition) is 4. The Bertz CT molecular complexity index is 401. The number of pyridine rings is 1. The van der Waals surface area contributed by atoms with E-state index in [2.05, 4.69) is 16.4 Å². The number of likely N-dealkylation sites (N-methyl/N-ethyl adjacent to an activating group) is 1. The maximum Gasteiger partial charge on any atom is 0.212 e. The van der Waals surface area contributed by atoms with Crippen LogP contribution in [0.4, 0.5) is 0 Å². The summed E-state index contributed by atoms with van der Waals surface area (Å²) >= 11 is 0. The number of nitrogens with one attached hydrogen (secondary N) is 1. The van der Waals surface area contributed by atoms with E-state index in [0.717, 1.165) is 25.9 Å². The van der Waals surface area contributed by atoms with Crippen LogP contribution in [0, 0.1) is 0 Å². The minimum Gasteiger partial charge on any atom is -0.501 e. The minimum absolute atomic E-state index is 0.320. The van der Waals surface area contributed by atoms with Crippen LogP contribution in [-0.2, 0) is 11.2 Å². The van der Waals surface area contributed by atoms with Crippen LogP contribution in [-0.4, -0.2) is 31.8 Å². The molecule has 2 rings (SSSR count). The number of rotatable bonds is 5. The fourth-order valence-electron chi connectivity index (χ4n) is 2.15. The first-order valence-electron chi connectivity index (χ1n) is 6.30. The molecule has 1 aliphatic heterocycles. The Hall–Kier alpha value is -1.55. The molecule has 0 spiro atoms. The Labute approximate surface area is 108 Å². The molecule has 1 N–H and O–H groups in total. The maximum absolute atomic E-state index is 5.40. The van der Waals surface area contributed by atoms with E-state index in [0.29, 0.717) is 11.9 Å². The fourth-order valence-corrected chi connectivity index (χ4v) is 2.15. The van der Waals surface area contributed by atoms with Crippen molar-refractivity contribution in [2.24, 2.45) is 0 Å². The summed E-state index contributed by atoms with van der Waals surface area (Å²) in [6.45, 7) is 0.837. The first-order valence-corrected chi connectivity index (χ1v) is 6.30. The zero-order valence-electron chi connectivity index (χ0n) is 11.0. The highest BCUT2D eigenvalue weighted by Gasteiger charge is 2.16. The van der Waals surface area contributed by atoms with Gasteiger partial charge in [-0.3, -0.25) is 0 Å². The van der Waals surface area contributed by atoms with Crippen molar-refractivity contribution in [1.29, 1.82) is 0 Å². The summed E-state index contributed by atoms with van der Waals surface area (Å²) in [5, 5.41) is 3.34. The SMILES string of the molecule is CNC(Cc1ccc(OC)nc1)C1=COCCC1. The largest absolute Gasteiger partial charge is 0.501 e. The van der Waals surface area contributed by atoms with Gasteiger partial charge in [0.2, 0.25) is 5.88 Å². The van der Waals surface area contributed by atoms with Crippen molar-refractivity contribution in [3.63, 3.8) is 0 Å². The molecule has 1 unspecified atom stereocenters. The highest BCUT2D eigenvalue weighted by Crippen LogP contribution is 2.19. The molecule has 1 aliphatic rings. The van der Waals surface area contributed by atoms with Crippen molar-refractivity contribution in [2.75, 3.05) is 20.8 Å². The lowest BCUT2D eigenvalue weighted by Gasteiger charge is -2.22. The molecule has 1 atom stereocenters. The topological polar surface area (TPSA) is 43.4 Å². The lowest BCUT2D eigenvalue weighted by atomic mass is 9.96. The molecule has 4 heteroatoms. The smallest absolute Gasteiger partial charge is 0.212 e. The molecule has 0 fully saturated rings. The van der Waals surface area contributed by atoms with Crippen molar-refractivity contribution < 1.29 is 9.47 Å². The van der Waals surface area contributed by atoms with E-state index >= 15 is 0 Å². The lowest BCUT2D eigenvalue weighted by molar-refractivity contribution is 0.219. The van der Waals surface area contributed by atoms with Crippen LogP contribution >= 0.6 is 0 Å². The second-order valence-corrected chi connectivity index (χ2v) is 4.42. The Morgan fingerprint density at radius 3 is 2.94 bits per heavy atom. The normalized spacial score (nSPS) is 16.7. The van der Waals surface area contributed by atoms with Crippen LogP contribution in [0.5, 0.6) is 5.88 Å². The summed E-state index contributed by atoms with van der Waals surface area (Å²) in [5.74, 6) is 0.653. The van der Waals surface area contributed by atoms with Gasteiger partial charge in [0.15, 0.2) is 0 Å². The quantitative estimate of drug-likeness (QED) is 0.864. The van der Waals surface area contributed by atoms with Crippen molar-refractivity contribution in [1.82, 2.24) is 10.3 Å². The molecule has 0 aliphatic carbocycles. The minimum atomic E-state index is 0.320. The van der Waals surface area contributed by atoms with Crippen LogP contribution in [0.3, 0.4) is 0 Å². The second kappa shape index (κ2) is 6.40. The average Bonchev–Trinajstić information content (AvgIpc) is 2.46. The van der Waals surface area contributed by atoms with Gasteiger partial charge < -0.3 is 14.8 Å². The van der Waals surface area contributed by atoms with E-state index in [-0.39, 0.29) is 0 Å². The molecule has 0 aromatic carbocycles. The van der Waals surface area contributed by atoms with Crippen LogP contribution in [0.1, 0.15) is 18.4 Å². The standard InChI is InChI=1S/C14H20N2O2/c1-15-13(12-4-3-7-18-10-12)8-11-5-6-14(17-2)16-9-11/h5-6,9-10,13,15H,3-4,7-8H2,1-2H3. The van der Waals surface area contributed by atoms with Gasteiger partial charge in [0, 0.05) is 18.3 Å². The van der Waals surface area contributed by atoms with Gasteiger partial charge >= 0.3 is 0 Å². The van der Waals surface area contributed by atoms with Crippen LogP contribution in [0.2, 0.25) is 0 Å². The fraction of sp³-hybridized carbons (Fsp3) is 0.500. The zero-order valence-corrected chi connectivity index (χ0v) is 11.0. The first-order chi connectivity index (χ1) is 8.83. The Kier molecular flexibility index (Phi) is 4.59. The third-order valence-electron chi connectivity index (χ3n) is 3.20. The van der Waals surface area contributed by atoms with E-state index in [1.807, 2.05) is 25.6 Å². The van der Waals surface area contributed by atoms with Gasteiger partial charge in [0.05, 0.1) is 20.0 Å². The summed E-state index contributed by atoms with van der Waals surface area (Å²) in [7, 11) is 3.61. The van der Waals surface area contributed by atoms with Gasteiger partial charge in [-0.05, 0) is 37.4 Å². The molecule has 1 aromatic rings. The van der Waals surface area contributed by atoms with Crippen molar-refractivity contribution in [2.45, 2.75) is 25.3 Å². The Balaban J connectivity index is 2.02. The van der Waals surface area contributed by atoms with E-state index < -0.39 is 0 Å². The number of ether oxygens (including phenoxy) is 2. The number of aromatic nitrogens is 1. The van der Waals surface area contributed by atoms with Crippen LogP contribution in [0.25, 0.3) is 0 Å². The average molecular weight is 248 g/mol. The van der Waals surface area contributed by atoms with Crippen LogP contribution < -0.4 is 10.1 Å². The van der Waals surface area contributed by atoms with Crippen LogP contribution in [0.15, 0.2) is 30.2 Å².